The number of benzene rings is 1. The Morgan fingerprint density at radius 3 is 2.41 bits per heavy atom. The molecule has 1 aromatic carbocycles. The predicted molar refractivity (Wildman–Crippen MR) is 171 cm³/mol. The van der Waals surface area contributed by atoms with Crippen molar-refractivity contribution in [3.05, 3.63) is 49.6 Å². The van der Waals surface area contributed by atoms with Crippen molar-refractivity contribution in [1.29, 1.82) is 0 Å². The maximum Gasteiger partial charge on any atom is 0.248 e. The molecule has 3 saturated heterocycles. The lowest BCUT2D eigenvalue weighted by Crippen LogP contribution is -2.57. The monoisotopic (exact) mass is 609 g/mol. The summed E-state index contributed by atoms with van der Waals surface area (Å²) in [5.41, 5.74) is -1.37. The lowest BCUT2D eigenvalue weighted by Gasteiger charge is -2.39. The predicted octanol–water partition coefficient (Wildman–Crippen LogP) is 4.59. The van der Waals surface area contributed by atoms with Gasteiger partial charge in [-0.3, -0.25) is 14.4 Å². The first-order valence-electron chi connectivity index (χ1n) is 16.3. The maximum absolute atomic E-state index is 14.7. The summed E-state index contributed by atoms with van der Waals surface area (Å²) >= 11 is 0. The molecule has 3 amide bonds. The molecule has 4 rings (SSSR count). The molecule has 0 aliphatic carbocycles. The maximum atomic E-state index is 14.7. The molecule has 0 saturated carbocycles. The second-order valence-electron chi connectivity index (χ2n) is 12.6. The SMILES string of the molecule is C=CCN(CCCCC)C(=O)C1N(CCCCO)C(=O)[C@@H]2[C@@H](C(=O)N(CC=C)c3ccc(OCC)cc3)[C@]3(C)OC12CC3C. The van der Waals surface area contributed by atoms with Crippen molar-refractivity contribution in [1.82, 2.24) is 9.80 Å². The Morgan fingerprint density at radius 1 is 1.09 bits per heavy atom. The smallest absolute Gasteiger partial charge is 0.248 e. The topological polar surface area (TPSA) is 99.6 Å². The van der Waals surface area contributed by atoms with Crippen LogP contribution in [0.1, 0.15) is 66.2 Å². The zero-order valence-corrected chi connectivity index (χ0v) is 27.0. The Labute approximate surface area is 262 Å². The summed E-state index contributed by atoms with van der Waals surface area (Å²) in [5, 5.41) is 9.49. The van der Waals surface area contributed by atoms with Crippen LogP contribution in [0.15, 0.2) is 49.6 Å². The minimum Gasteiger partial charge on any atom is -0.494 e. The average molecular weight is 610 g/mol. The van der Waals surface area contributed by atoms with Crippen molar-refractivity contribution >= 4 is 23.4 Å². The third-order valence-corrected chi connectivity index (χ3v) is 9.85. The first kappa shape index (κ1) is 33.7. The molecule has 1 spiro atoms. The van der Waals surface area contributed by atoms with Gasteiger partial charge in [0.05, 0.1) is 24.0 Å². The van der Waals surface area contributed by atoms with Crippen molar-refractivity contribution in [3.8, 4) is 5.75 Å². The largest absolute Gasteiger partial charge is 0.494 e. The van der Waals surface area contributed by atoms with Crippen LogP contribution in [0, 0.1) is 17.8 Å². The van der Waals surface area contributed by atoms with E-state index < -0.39 is 29.1 Å². The van der Waals surface area contributed by atoms with Crippen LogP contribution in [-0.2, 0) is 19.1 Å². The number of nitrogens with zero attached hydrogens (tertiary/aromatic N) is 3. The highest BCUT2D eigenvalue weighted by Crippen LogP contribution is 2.65. The van der Waals surface area contributed by atoms with E-state index in [9.17, 15) is 19.5 Å². The molecular formula is C35H51N3O6. The van der Waals surface area contributed by atoms with Gasteiger partial charge in [0.15, 0.2) is 0 Å². The number of aliphatic hydroxyl groups excluding tert-OH is 1. The van der Waals surface area contributed by atoms with Gasteiger partial charge in [0.25, 0.3) is 0 Å². The second kappa shape index (κ2) is 14.3. The van der Waals surface area contributed by atoms with Crippen molar-refractivity contribution < 1.29 is 29.0 Å². The van der Waals surface area contributed by atoms with Gasteiger partial charge < -0.3 is 29.3 Å². The first-order chi connectivity index (χ1) is 21.1. The zero-order valence-electron chi connectivity index (χ0n) is 27.0. The summed E-state index contributed by atoms with van der Waals surface area (Å²) in [5.74, 6) is -1.51. The Kier molecular flexibility index (Phi) is 10.9. The summed E-state index contributed by atoms with van der Waals surface area (Å²) in [7, 11) is 0. The third-order valence-electron chi connectivity index (χ3n) is 9.85. The highest BCUT2D eigenvalue weighted by Gasteiger charge is 2.80. The van der Waals surface area contributed by atoms with E-state index in [0.29, 0.717) is 56.9 Å². The third kappa shape index (κ3) is 5.93. The number of unbranched alkanes of at least 4 members (excludes halogenated alkanes) is 3. The molecule has 242 valence electrons. The minimum absolute atomic E-state index is 0.000136. The molecule has 0 radical (unpaired) electrons. The summed E-state index contributed by atoms with van der Waals surface area (Å²) < 4.78 is 12.6. The molecule has 6 atom stereocenters. The van der Waals surface area contributed by atoms with E-state index >= 15 is 0 Å². The van der Waals surface area contributed by atoms with E-state index in [1.165, 1.54) is 0 Å². The van der Waals surface area contributed by atoms with Gasteiger partial charge in [-0.05, 0) is 69.7 Å². The molecule has 3 heterocycles. The van der Waals surface area contributed by atoms with E-state index in [2.05, 4.69) is 27.0 Å². The number of aliphatic hydroxyl groups is 1. The number of hydrogen-bond donors (Lipinski definition) is 1. The molecule has 2 bridgehead atoms. The van der Waals surface area contributed by atoms with Crippen LogP contribution < -0.4 is 9.64 Å². The van der Waals surface area contributed by atoms with E-state index in [-0.39, 0.29) is 36.8 Å². The van der Waals surface area contributed by atoms with Crippen LogP contribution in [-0.4, -0.2) is 89.3 Å². The van der Waals surface area contributed by atoms with Crippen molar-refractivity contribution in [3.63, 3.8) is 0 Å². The van der Waals surface area contributed by atoms with Crippen LogP contribution in [0.4, 0.5) is 5.69 Å². The number of hydrogen-bond acceptors (Lipinski definition) is 6. The van der Waals surface area contributed by atoms with Crippen molar-refractivity contribution in [2.24, 2.45) is 17.8 Å². The fourth-order valence-corrected chi connectivity index (χ4v) is 7.71. The lowest BCUT2D eigenvalue weighted by molar-refractivity contribution is -0.152. The van der Waals surface area contributed by atoms with Gasteiger partial charge in [-0.15, -0.1) is 13.2 Å². The quantitative estimate of drug-likeness (QED) is 0.205. The number of carbonyl (C=O) groups is 3. The fourth-order valence-electron chi connectivity index (χ4n) is 7.71. The first-order valence-corrected chi connectivity index (χ1v) is 16.3. The summed E-state index contributed by atoms with van der Waals surface area (Å²) in [4.78, 5) is 48.8. The standard InChI is InChI=1S/C35H51N3O6/c1-7-11-12-21-36(19-8-2)33(42)30-35-24-25(5)34(6,44-35)28(29(35)32(41)38(30)22-13-14-23-39)31(40)37(20-9-3)26-15-17-27(18-16-26)43-10-4/h8-9,15-18,25,28-30,39H,2-3,7,10-14,19-24H2,1,4-6H3/t25?,28-,29-,30?,34+,35?/m0/s1. The molecule has 1 N–H and O–H groups in total. The van der Waals surface area contributed by atoms with Gasteiger partial charge >= 0.3 is 0 Å². The molecule has 3 aliphatic heterocycles. The molecule has 3 aliphatic rings. The molecule has 1 aromatic rings. The Morgan fingerprint density at radius 2 is 1.80 bits per heavy atom. The molecule has 0 aromatic heterocycles. The Bertz CT molecular complexity index is 1200. The number of likely N-dealkylation sites (tertiary alicyclic amines) is 1. The van der Waals surface area contributed by atoms with Crippen LogP contribution >= 0.6 is 0 Å². The number of carbonyl (C=O) groups excluding carboxylic acids is 3. The van der Waals surface area contributed by atoms with Gasteiger partial charge in [-0.1, -0.05) is 38.8 Å². The molecular weight excluding hydrogens is 558 g/mol. The Balaban J connectivity index is 1.76. The molecule has 3 fully saturated rings. The molecule has 9 nitrogen and oxygen atoms in total. The number of anilines is 1. The van der Waals surface area contributed by atoms with Crippen LogP contribution in [0.2, 0.25) is 0 Å². The summed E-state index contributed by atoms with van der Waals surface area (Å²) in [6, 6.07) is 6.50. The van der Waals surface area contributed by atoms with E-state index in [1.54, 1.807) is 26.9 Å². The fraction of sp³-hybridized carbons (Fsp3) is 0.629. The van der Waals surface area contributed by atoms with Crippen LogP contribution in [0.3, 0.4) is 0 Å². The van der Waals surface area contributed by atoms with Gasteiger partial charge in [0, 0.05) is 38.5 Å². The van der Waals surface area contributed by atoms with Gasteiger partial charge in [-0.2, -0.15) is 0 Å². The van der Waals surface area contributed by atoms with Crippen molar-refractivity contribution in [2.45, 2.75) is 83.5 Å². The Hall–Kier alpha value is -3.17. The molecule has 3 unspecified atom stereocenters. The van der Waals surface area contributed by atoms with E-state index in [4.69, 9.17) is 9.47 Å². The van der Waals surface area contributed by atoms with Crippen LogP contribution in [0.5, 0.6) is 5.75 Å². The summed E-state index contributed by atoms with van der Waals surface area (Å²) in [6.45, 7) is 17.9. The second-order valence-corrected chi connectivity index (χ2v) is 12.6. The number of rotatable bonds is 17. The van der Waals surface area contributed by atoms with Crippen LogP contribution in [0.25, 0.3) is 0 Å². The summed E-state index contributed by atoms with van der Waals surface area (Å²) in [6.07, 6.45) is 7.84. The van der Waals surface area contributed by atoms with Crippen molar-refractivity contribution in [2.75, 3.05) is 44.3 Å². The minimum atomic E-state index is -1.12. The normalized spacial score (nSPS) is 28.6. The number of ether oxygens (including phenoxy) is 2. The highest BCUT2D eigenvalue weighted by atomic mass is 16.5. The lowest BCUT2D eigenvalue weighted by atomic mass is 9.62. The number of amides is 3. The average Bonchev–Trinajstić information content (AvgIpc) is 3.52. The van der Waals surface area contributed by atoms with E-state index in [0.717, 1.165) is 19.3 Å². The molecule has 9 heteroatoms. The van der Waals surface area contributed by atoms with Gasteiger partial charge in [-0.25, -0.2) is 0 Å². The highest BCUT2D eigenvalue weighted by molar-refractivity contribution is 6.03. The zero-order chi connectivity index (χ0) is 32.1. The van der Waals surface area contributed by atoms with Gasteiger partial charge in [0.2, 0.25) is 17.7 Å². The number of fused-ring (bicyclic) bond motifs is 1. The molecule has 44 heavy (non-hydrogen) atoms. The van der Waals surface area contributed by atoms with Gasteiger partial charge in [0.1, 0.15) is 17.4 Å². The van der Waals surface area contributed by atoms with E-state index in [1.807, 2.05) is 38.1 Å².